The lowest BCUT2D eigenvalue weighted by Gasteiger charge is -2.33. The summed E-state index contributed by atoms with van der Waals surface area (Å²) >= 11 is 0. The number of aryl methyl sites for hydroxylation is 2. The summed E-state index contributed by atoms with van der Waals surface area (Å²) in [6.45, 7) is 10.8. The summed E-state index contributed by atoms with van der Waals surface area (Å²) in [5.74, 6) is 0.756. The first kappa shape index (κ1) is 14.6. The first-order valence-corrected chi connectivity index (χ1v) is 8.03. The van der Waals surface area contributed by atoms with Crippen LogP contribution in [-0.2, 0) is 4.79 Å². The Morgan fingerprint density at radius 1 is 1.24 bits per heavy atom. The molecule has 3 nitrogen and oxygen atoms in total. The molecular formula is C18H26N2O. The minimum absolute atomic E-state index is 0.0253. The van der Waals surface area contributed by atoms with Gasteiger partial charge >= 0.3 is 0 Å². The number of hydrogen-bond acceptors (Lipinski definition) is 2. The average molecular weight is 286 g/mol. The SMILES string of the molecule is Cc1ccc(C)c(C2NC3(CC3)C(=O)N2C(C)C(C)C)c1. The molecule has 3 rings (SSSR count). The molecule has 1 N–H and O–H groups in total. The topological polar surface area (TPSA) is 32.3 Å². The van der Waals surface area contributed by atoms with Gasteiger partial charge in [-0.25, -0.2) is 0 Å². The van der Waals surface area contributed by atoms with E-state index in [1.54, 1.807) is 0 Å². The second kappa shape index (κ2) is 4.84. The van der Waals surface area contributed by atoms with Crippen LogP contribution in [0.1, 0.15) is 56.5 Å². The predicted octanol–water partition coefficient (Wildman–Crippen LogP) is 3.31. The molecule has 21 heavy (non-hydrogen) atoms. The van der Waals surface area contributed by atoms with E-state index in [0.29, 0.717) is 11.8 Å². The summed E-state index contributed by atoms with van der Waals surface area (Å²) in [5.41, 5.74) is 3.49. The largest absolute Gasteiger partial charge is 0.318 e. The Morgan fingerprint density at radius 3 is 2.48 bits per heavy atom. The van der Waals surface area contributed by atoms with Crippen molar-refractivity contribution >= 4 is 5.91 Å². The van der Waals surface area contributed by atoms with Gasteiger partial charge in [-0.3, -0.25) is 10.1 Å². The third kappa shape index (κ3) is 2.28. The first-order chi connectivity index (χ1) is 9.85. The maximum absolute atomic E-state index is 12.9. The van der Waals surface area contributed by atoms with Gasteiger partial charge < -0.3 is 4.90 Å². The molecule has 1 amide bonds. The first-order valence-electron chi connectivity index (χ1n) is 8.03. The molecule has 1 aromatic rings. The van der Waals surface area contributed by atoms with Crippen molar-refractivity contribution in [1.29, 1.82) is 0 Å². The van der Waals surface area contributed by atoms with E-state index in [0.717, 1.165) is 12.8 Å². The minimum Gasteiger partial charge on any atom is -0.318 e. The van der Waals surface area contributed by atoms with Gasteiger partial charge in [0.1, 0.15) is 11.7 Å². The van der Waals surface area contributed by atoms with Crippen LogP contribution in [0.2, 0.25) is 0 Å². The van der Waals surface area contributed by atoms with Crippen molar-refractivity contribution in [3.63, 3.8) is 0 Å². The molecule has 1 aliphatic carbocycles. The number of hydrogen-bond donors (Lipinski definition) is 1. The molecule has 1 saturated heterocycles. The van der Waals surface area contributed by atoms with Gasteiger partial charge in [0.2, 0.25) is 5.91 Å². The van der Waals surface area contributed by atoms with Crippen LogP contribution in [0.15, 0.2) is 18.2 Å². The lowest BCUT2D eigenvalue weighted by molar-refractivity contribution is -0.133. The highest BCUT2D eigenvalue weighted by atomic mass is 16.2. The third-order valence-corrected chi connectivity index (χ3v) is 5.22. The Hall–Kier alpha value is -1.35. The molecule has 3 heteroatoms. The fourth-order valence-corrected chi connectivity index (χ4v) is 3.26. The highest BCUT2D eigenvalue weighted by Crippen LogP contribution is 2.47. The minimum atomic E-state index is -0.260. The van der Waals surface area contributed by atoms with Gasteiger partial charge in [0.25, 0.3) is 0 Å². The standard InChI is InChI=1S/C18H26N2O/c1-11(2)14(5)20-16(19-18(8-9-18)17(20)21)15-10-12(3)6-7-13(15)4/h6-7,10-11,14,16,19H,8-9H2,1-5H3. The van der Waals surface area contributed by atoms with Crippen LogP contribution in [0, 0.1) is 19.8 Å². The Balaban J connectivity index is 2.02. The third-order valence-electron chi connectivity index (χ3n) is 5.22. The van der Waals surface area contributed by atoms with E-state index >= 15 is 0 Å². The highest BCUT2D eigenvalue weighted by Gasteiger charge is 2.60. The summed E-state index contributed by atoms with van der Waals surface area (Å²) in [7, 11) is 0. The lowest BCUT2D eigenvalue weighted by atomic mass is 9.99. The molecule has 1 saturated carbocycles. The lowest BCUT2D eigenvalue weighted by Crippen LogP contribution is -2.41. The van der Waals surface area contributed by atoms with Crippen molar-refractivity contribution < 1.29 is 4.79 Å². The molecule has 1 heterocycles. The van der Waals surface area contributed by atoms with E-state index < -0.39 is 0 Å². The molecule has 2 atom stereocenters. The molecule has 2 unspecified atom stereocenters. The smallest absolute Gasteiger partial charge is 0.244 e. The highest BCUT2D eigenvalue weighted by molar-refractivity contribution is 5.92. The zero-order chi connectivity index (χ0) is 15.4. The van der Waals surface area contributed by atoms with Crippen molar-refractivity contribution in [3.05, 3.63) is 34.9 Å². The van der Waals surface area contributed by atoms with Crippen molar-refractivity contribution in [2.24, 2.45) is 5.92 Å². The van der Waals surface area contributed by atoms with Crippen LogP contribution in [-0.4, -0.2) is 22.4 Å². The summed E-state index contributed by atoms with van der Waals surface area (Å²) in [4.78, 5) is 15.0. The summed E-state index contributed by atoms with van der Waals surface area (Å²) in [5, 5.41) is 3.64. The number of nitrogens with zero attached hydrogens (tertiary/aromatic N) is 1. The molecule has 2 aliphatic rings. The van der Waals surface area contributed by atoms with Crippen molar-refractivity contribution in [1.82, 2.24) is 10.2 Å². The Bertz CT molecular complexity index is 575. The molecule has 0 radical (unpaired) electrons. The number of carbonyl (C=O) groups excluding carboxylic acids is 1. The van der Waals surface area contributed by atoms with Crippen LogP contribution >= 0.6 is 0 Å². The van der Waals surface area contributed by atoms with Crippen molar-refractivity contribution in [2.75, 3.05) is 0 Å². The second-order valence-corrected chi connectivity index (χ2v) is 7.19. The molecule has 1 aromatic carbocycles. The Morgan fingerprint density at radius 2 is 1.90 bits per heavy atom. The number of rotatable bonds is 3. The maximum Gasteiger partial charge on any atom is 0.244 e. The van der Waals surface area contributed by atoms with Crippen LogP contribution in [0.5, 0.6) is 0 Å². The van der Waals surface area contributed by atoms with E-state index in [1.807, 2.05) is 0 Å². The van der Waals surface area contributed by atoms with E-state index in [2.05, 4.69) is 63.0 Å². The van der Waals surface area contributed by atoms with Crippen LogP contribution in [0.3, 0.4) is 0 Å². The number of benzene rings is 1. The molecule has 1 spiro atoms. The van der Waals surface area contributed by atoms with Crippen molar-refractivity contribution in [2.45, 2.75) is 65.2 Å². The van der Waals surface area contributed by atoms with Crippen molar-refractivity contribution in [3.8, 4) is 0 Å². The fourth-order valence-electron chi connectivity index (χ4n) is 3.26. The Labute approximate surface area is 127 Å². The quantitative estimate of drug-likeness (QED) is 0.924. The number of amides is 1. The molecule has 114 valence electrons. The van der Waals surface area contributed by atoms with E-state index in [1.165, 1.54) is 16.7 Å². The molecule has 0 aromatic heterocycles. The van der Waals surface area contributed by atoms with Crippen LogP contribution in [0.4, 0.5) is 0 Å². The Kier molecular flexibility index (Phi) is 3.36. The summed E-state index contributed by atoms with van der Waals surface area (Å²) < 4.78 is 0. The maximum atomic E-state index is 12.9. The normalized spacial score (nSPS) is 25.0. The predicted molar refractivity (Wildman–Crippen MR) is 84.9 cm³/mol. The van der Waals surface area contributed by atoms with Gasteiger partial charge in [0.05, 0.1) is 0 Å². The van der Waals surface area contributed by atoms with Gasteiger partial charge in [0.15, 0.2) is 0 Å². The molecular weight excluding hydrogens is 260 g/mol. The van der Waals surface area contributed by atoms with E-state index in [4.69, 9.17) is 0 Å². The summed E-state index contributed by atoms with van der Waals surface area (Å²) in [6.07, 6.45) is 1.99. The molecule has 2 fully saturated rings. The summed E-state index contributed by atoms with van der Waals surface area (Å²) in [6, 6.07) is 6.77. The monoisotopic (exact) mass is 286 g/mol. The fraction of sp³-hybridized carbons (Fsp3) is 0.611. The van der Waals surface area contributed by atoms with Gasteiger partial charge in [0, 0.05) is 6.04 Å². The van der Waals surface area contributed by atoms with Crippen LogP contribution < -0.4 is 5.32 Å². The zero-order valence-electron chi connectivity index (χ0n) is 13.7. The van der Waals surface area contributed by atoms with Gasteiger partial charge in [-0.15, -0.1) is 0 Å². The van der Waals surface area contributed by atoms with E-state index in [-0.39, 0.29) is 17.7 Å². The zero-order valence-corrected chi connectivity index (χ0v) is 13.7. The van der Waals surface area contributed by atoms with Crippen LogP contribution in [0.25, 0.3) is 0 Å². The average Bonchev–Trinajstić information content (AvgIpc) is 3.15. The second-order valence-electron chi connectivity index (χ2n) is 7.19. The van der Waals surface area contributed by atoms with Gasteiger partial charge in [-0.05, 0) is 50.7 Å². The number of nitrogens with one attached hydrogen (secondary N) is 1. The molecule has 0 bridgehead atoms. The van der Waals surface area contributed by atoms with Gasteiger partial charge in [-0.2, -0.15) is 0 Å². The number of carbonyl (C=O) groups is 1. The molecule has 1 aliphatic heterocycles. The van der Waals surface area contributed by atoms with Gasteiger partial charge in [-0.1, -0.05) is 37.6 Å². The van der Waals surface area contributed by atoms with E-state index in [9.17, 15) is 4.79 Å².